The Hall–Kier alpha value is -1.08. The summed E-state index contributed by atoms with van der Waals surface area (Å²) in [6, 6.07) is 1.29. The van der Waals surface area contributed by atoms with E-state index < -0.39 is 43.0 Å². The van der Waals surface area contributed by atoms with E-state index in [0.717, 1.165) is 0 Å². The van der Waals surface area contributed by atoms with E-state index in [4.69, 9.17) is 0 Å². The molecule has 0 bridgehead atoms. The molecule has 0 aliphatic heterocycles. The zero-order valence-electron chi connectivity index (χ0n) is 16.9. The van der Waals surface area contributed by atoms with Crippen molar-refractivity contribution in [3.63, 3.8) is 0 Å². The van der Waals surface area contributed by atoms with Crippen LogP contribution in [0.5, 0.6) is 0 Å². The van der Waals surface area contributed by atoms with Crippen LogP contribution < -0.4 is 0 Å². The molecule has 0 saturated heterocycles. The summed E-state index contributed by atoms with van der Waals surface area (Å²) in [5.74, 6) is 0. The highest BCUT2D eigenvalue weighted by Crippen LogP contribution is 2.48. The zero-order valence-corrected chi connectivity index (χ0v) is 17.7. The highest BCUT2D eigenvalue weighted by molar-refractivity contribution is 7.86. The molecule has 0 aliphatic rings. The molecule has 0 unspecified atom stereocenters. The van der Waals surface area contributed by atoms with Crippen LogP contribution in [0.4, 0.5) is 13.2 Å². The van der Waals surface area contributed by atoms with Gasteiger partial charge in [-0.3, -0.25) is 4.55 Å². The number of hydrogen-bond donors (Lipinski definition) is 1. The number of halogens is 3. The summed E-state index contributed by atoms with van der Waals surface area (Å²) < 4.78 is 76.5. The Balaban J connectivity index is 4.49. The molecule has 0 amide bonds. The van der Waals surface area contributed by atoms with Crippen molar-refractivity contribution in [3.8, 4) is 0 Å². The van der Waals surface area contributed by atoms with Gasteiger partial charge in [0.15, 0.2) is 0 Å². The van der Waals surface area contributed by atoms with Gasteiger partial charge >= 0.3 is 6.18 Å². The van der Waals surface area contributed by atoms with Crippen molar-refractivity contribution in [1.82, 2.24) is 0 Å². The normalized spacial score (nSPS) is 14.7. The van der Waals surface area contributed by atoms with E-state index in [-0.39, 0.29) is 16.7 Å². The molecular formula is C19H29F3O3S. The van der Waals surface area contributed by atoms with Gasteiger partial charge in [-0.05, 0) is 32.9 Å². The van der Waals surface area contributed by atoms with Crippen molar-refractivity contribution >= 4 is 10.1 Å². The van der Waals surface area contributed by atoms with Crippen molar-refractivity contribution in [2.45, 2.75) is 89.6 Å². The summed E-state index contributed by atoms with van der Waals surface area (Å²) in [6.07, 6.45) is -4.76. The van der Waals surface area contributed by atoms with Gasteiger partial charge in [-0.1, -0.05) is 68.4 Å². The second-order valence-electron chi connectivity index (χ2n) is 9.77. The maximum Gasteiger partial charge on any atom is 0.417 e. The third kappa shape index (κ3) is 4.60. The van der Waals surface area contributed by atoms with Crippen LogP contribution >= 0.6 is 0 Å². The van der Waals surface area contributed by atoms with E-state index in [1.165, 1.54) is 26.8 Å². The van der Waals surface area contributed by atoms with Gasteiger partial charge in [0, 0.05) is 0 Å². The average Bonchev–Trinajstić information content (AvgIpc) is 2.30. The predicted octanol–water partition coefficient (Wildman–Crippen LogP) is 5.84. The smallest absolute Gasteiger partial charge is 0.282 e. The molecule has 1 N–H and O–H groups in total. The second kappa shape index (κ2) is 6.23. The molecule has 150 valence electrons. The van der Waals surface area contributed by atoms with Crippen LogP contribution in [0.2, 0.25) is 0 Å². The first-order valence-corrected chi connectivity index (χ1v) is 9.80. The van der Waals surface area contributed by atoms with Gasteiger partial charge in [-0.2, -0.15) is 21.6 Å². The van der Waals surface area contributed by atoms with Gasteiger partial charge in [0.2, 0.25) is 0 Å². The molecule has 0 atom stereocenters. The molecule has 0 spiro atoms. The molecule has 0 aliphatic carbocycles. The van der Waals surface area contributed by atoms with Crippen LogP contribution in [0.3, 0.4) is 0 Å². The SMILES string of the molecule is CC(C)(C)c1cc(C(C)(C)C)c(S(=O)(=O)O)c(C(C)(C)C)c1C(F)(F)F. The van der Waals surface area contributed by atoms with E-state index in [0.29, 0.717) is 0 Å². The third-order valence-corrected chi connectivity index (χ3v) is 5.13. The van der Waals surface area contributed by atoms with E-state index in [9.17, 15) is 26.1 Å². The minimum Gasteiger partial charge on any atom is -0.282 e. The Labute approximate surface area is 154 Å². The van der Waals surface area contributed by atoms with Crippen LogP contribution in [-0.2, 0) is 32.5 Å². The number of alkyl halides is 3. The van der Waals surface area contributed by atoms with E-state index in [1.807, 2.05) is 0 Å². The molecule has 1 aromatic rings. The molecule has 1 rings (SSSR count). The number of hydrogen-bond acceptors (Lipinski definition) is 2. The molecule has 0 radical (unpaired) electrons. The van der Waals surface area contributed by atoms with Gasteiger partial charge in [-0.25, -0.2) is 0 Å². The fourth-order valence-corrected chi connectivity index (χ4v) is 4.40. The van der Waals surface area contributed by atoms with Crippen LogP contribution in [0, 0.1) is 0 Å². The van der Waals surface area contributed by atoms with Crippen molar-refractivity contribution in [3.05, 3.63) is 28.3 Å². The van der Waals surface area contributed by atoms with Crippen molar-refractivity contribution in [2.24, 2.45) is 0 Å². The molecule has 7 heteroatoms. The topological polar surface area (TPSA) is 54.4 Å². The summed E-state index contributed by atoms with van der Waals surface area (Å²) in [5.41, 5.74) is -3.96. The monoisotopic (exact) mass is 394 g/mol. The standard InChI is InChI=1S/C19H29F3O3S/c1-16(2,3)11-10-12(17(4,5)6)15(26(23,24)25)14(18(7,8)9)13(11)19(20,21)22/h10H,1-9H3,(H,23,24,25). The minimum absolute atomic E-state index is 0.0206. The molecular weight excluding hydrogens is 365 g/mol. The lowest BCUT2D eigenvalue weighted by Crippen LogP contribution is -2.31. The third-order valence-electron chi connectivity index (χ3n) is 4.19. The van der Waals surface area contributed by atoms with Gasteiger partial charge in [-0.15, -0.1) is 0 Å². The summed E-state index contributed by atoms with van der Waals surface area (Å²) in [4.78, 5) is -0.627. The molecule has 0 aromatic heterocycles. The first kappa shape index (κ1) is 23.0. The first-order valence-electron chi connectivity index (χ1n) is 8.36. The van der Waals surface area contributed by atoms with Crippen molar-refractivity contribution < 1.29 is 26.1 Å². The Kier molecular flexibility index (Phi) is 5.50. The maximum absolute atomic E-state index is 14.1. The van der Waals surface area contributed by atoms with Gasteiger partial charge in [0.1, 0.15) is 4.90 Å². The summed E-state index contributed by atoms with van der Waals surface area (Å²) >= 11 is 0. The largest absolute Gasteiger partial charge is 0.417 e. The summed E-state index contributed by atoms with van der Waals surface area (Å²) in [7, 11) is -4.88. The predicted molar refractivity (Wildman–Crippen MR) is 97.4 cm³/mol. The van der Waals surface area contributed by atoms with Crippen molar-refractivity contribution in [1.29, 1.82) is 0 Å². The quantitative estimate of drug-likeness (QED) is 0.608. The Morgan fingerprint density at radius 3 is 1.35 bits per heavy atom. The second-order valence-corrected chi connectivity index (χ2v) is 11.1. The number of benzene rings is 1. The summed E-state index contributed by atoms with van der Waals surface area (Å²) in [5, 5.41) is 0. The molecule has 1 aromatic carbocycles. The Morgan fingerprint density at radius 1 is 0.731 bits per heavy atom. The van der Waals surface area contributed by atoms with Crippen LogP contribution in [0.1, 0.15) is 84.6 Å². The van der Waals surface area contributed by atoms with Gasteiger partial charge < -0.3 is 0 Å². The molecule has 0 saturated carbocycles. The lowest BCUT2D eigenvalue weighted by molar-refractivity contribution is -0.140. The molecule has 0 heterocycles. The highest BCUT2D eigenvalue weighted by Gasteiger charge is 2.46. The average molecular weight is 394 g/mol. The Morgan fingerprint density at radius 2 is 1.12 bits per heavy atom. The molecule has 3 nitrogen and oxygen atoms in total. The zero-order chi connectivity index (χ0) is 21.1. The van der Waals surface area contributed by atoms with Crippen molar-refractivity contribution in [2.75, 3.05) is 0 Å². The molecule has 26 heavy (non-hydrogen) atoms. The molecule has 0 fully saturated rings. The van der Waals surface area contributed by atoms with Gasteiger partial charge in [0.25, 0.3) is 10.1 Å². The minimum atomic E-state index is -4.88. The first-order chi connectivity index (χ1) is 11.1. The van der Waals surface area contributed by atoms with Gasteiger partial charge in [0.05, 0.1) is 5.56 Å². The Bertz CT molecular complexity index is 801. The number of rotatable bonds is 1. The van der Waals surface area contributed by atoms with Crippen LogP contribution in [0.15, 0.2) is 11.0 Å². The van der Waals surface area contributed by atoms with E-state index >= 15 is 0 Å². The highest BCUT2D eigenvalue weighted by atomic mass is 32.2. The summed E-state index contributed by atoms with van der Waals surface area (Å²) in [6.45, 7) is 14.7. The van der Waals surface area contributed by atoms with E-state index in [1.54, 1.807) is 41.5 Å². The van der Waals surface area contributed by atoms with Crippen LogP contribution in [-0.4, -0.2) is 13.0 Å². The maximum atomic E-state index is 14.1. The fraction of sp³-hybridized carbons (Fsp3) is 0.684. The van der Waals surface area contributed by atoms with Crippen LogP contribution in [0.25, 0.3) is 0 Å². The lowest BCUT2D eigenvalue weighted by atomic mass is 9.72. The lowest BCUT2D eigenvalue weighted by Gasteiger charge is -2.36. The van der Waals surface area contributed by atoms with E-state index in [2.05, 4.69) is 0 Å². The fourth-order valence-electron chi connectivity index (χ4n) is 3.09.